The zero-order valence-corrected chi connectivity index (χ0v) is 13.0. The molecule has 1 heterocycles. The molecule has 0 radical (unpaired) electrons. The van der Waals surface area contributed by atoms with E-state index in [9.17, 15) is 14.7 Å². The van der Waals surface area contributed by atoms with Gasteiger partial charge < -0.3 is 15.1 Å². The highest BCUT2D eigenvalue weighted by molar-refractivity contribution is 6.31. The lowest BCUT2D eigenvalue weighted by Gasteiger charge is -2.24. The highest BCUT2D eigenvalue weighted by Crippen LogP contribution is 2.20. The Kier molecular flexibility index (Phi) is 5.39. The van der Waals surface area contributed by atoms with Crippen molar-refractivity contribution in [3.8, 4) is 0 Å². The molecule has 7 heteroatoms. The number of amides is 1. The summed E-state index contributed by atoms with van der Waals surface area (Å²) in [6.07, 6.45) is -0.582. The molecule has 6 nitrogen and oxygen atoms in total. The molecule has 1 fully saturated rings. The second-order valence-electron chi connectivity index (χ2n) is 5.51. The molecule has 0 aromatic heterocycles. The molecule has 1 aromatic carbocycles. The van der Waals surface area contributed by atoms with Crippen LogP contribution in [0.3, 0.4) is 0 Å². The van der Waals surface area contributed by atoms with E-state index in [1.165, 1.54) is 0 Å². The third-order valence-corrected chi connectivity index (χ3v) is 4.23. The van der Waals surface area contributed by atoms with Crippen LogP contribution in [0.2, 0.25) is 5.02 Å². The molecular weight excluding hydrogens is 308 g/mol. The van der Waals surface area contributed by atoms with E-state index < -0.39 is 12.1 Å². The van der Waals surface area contributed by atoms with E-state index in [2.05, 4.69) is 0 Å². The number of rotatable bonds is 5. The third-order valence-electron chi connectivity index (χ3n) is 3.86. The number of aliphatic carboxylic acids is 1. The molecule has 1 aromatic rings. The third kappa shape index (κ3) is 3.97. The summed E-state index contributed by atoms with van der Waals surface area (Å²) in [4.78, 5) is 26.2. The maximum atomic E-state index is 12.3. The van der Waals surface area contributed by atoms with Gasteiger partial charge >= 0.3 is 5.97 Å². The maximum absolute atomic E-state index is 12.3. The number of aliphatic hydroxyl groups is 1. The van der Waals surface area contributed by atoms with E-state index in [-0.39, 0.29) is 31.5 Å². The fourth-order valence-corrected chi connectivity index (χ4v) is 2.86. The van der Waals surface area contributed by atoms with Crippen molar-refractivity contribution in [3.63, 3.8) is 0 Å². The molecule has 1 amide bonds. The zero-order valence-electron chi connectivity index (χ0n) is 12.3. The van der Waals surface area contributed by atoms with Crippen LogP contribution in [0.5, 0.6) is 0 Å². The summed E-state index contributed by atoms with van der Waals surface area (Å²) in [6.45, 7) is 0.348. The Hall–Kier alpha value is -1.63. The summed E-state index contributed by atoms with van der Waals surface area (Å²) in [5.74, 6) is -1.09. The van der Waals surface area contributed by atoms with Gasteiger partial charge in [-0.2, -0.15) is 0 Å². The molecule has 0 saturated carbocycles. The second-order valence-corrected chi connectivity index (χ2v) is 5.92. The molecule has 0 bridgehead atoms. The van der Waals surface area contributed by atoms with Crippen molar-refractivity contribution in [2.75, 3.05) is 26.7 Å². The topological polar surface area (TPSA) is 81.1 Å². The number of likely N-dealkylation sites (N-methyl/N-ethyl adjacent to an activating group) is 1. The number of carboxylic acid groups (broad SMARTS) is 1. The van der Waals surface area contributed by atoms with Gasteiger partial charge in [0.05, 0.1) is 25.1 Å². The van der Waals surface area contributed by atoms with Gasteiger partial charge in [-0.3, -0.25) is 14.5 Å². The van der Waals surface area contributed by atoms with Crippen LogP contribution in [0.4, 0.5) is 0 Å². The minimum absolute atomic E-state index is 0.127. The maximum Gasteiger partial charge on any atom is 0.317 e. The molecule has 22 heavy (non-hydrogen) atoms. The van der Waals surface area contributed by atoms with Crippen LogP contribution in [0.1, 0.15) is 5.56 Å². The molecule has 1 aliphatic rings. The second kappa shape index (κ2) is 7.09. The number of nitrogens with zero attached hydrogens (tertiary/aromatic N) is 2. The number of carbonyl (C=O) groups is 2. The van der Waals surface area contributed by atoms with Crippen LogP contribution >= 0.6 is 11.6 Å². The Morgan fingerprint density at radius 1 is 1.36 bits per heavy atom. The van der Waals surface area contributed by atoms with Crippen molar-refractivity contribution in [1.29, 1.82) is 0 Å². The van der Waals surface area contributed by atoms with E-state index in [0.29, 0.717) is 11.6 Å². The number of halogens is 1. The summed E-state index contributed by atoms with van der Waals surface area (Å²) < 4.78 is 0. The predicted molar refractivity (Wildman–Crippen MR) is 81.8 cm³/mol. The summed E-state index contributed by atoms with van der Waals surface area (Å²) in [7, 11) is 1.63. The first-order valence-corrected chi connectivity index (χ1v) is 7.37. The van der Waals surface area contributed by atoms with Crippen molar-refractivity contribution in [3.05, 3.63) is 34.9 Å². The summed E-state index contributed by atoms with van der Waals surface area (Å²) in [5.41, 5.74) is 0.742. The minimum atomic E-state index is -0.962. The summed E-state index contributed by atoms with van der Waals surface area (Å²) in [6, 6.07) is 6.77. The van der Waals surface area contributed by atoms with Crippen LogP contribution in [-0.4, -0.2) is 70.7 Å². The molecule has 2 N–H and O–H groups in total. The molecule has 0 aliphatic carbocycles. The molecule has 120 valence electrons. The van der Waals surface area contributed by atoms with Gasteiger partial charge in [0.15, 0.2) is 0 Å². The Morgan fingerprint density at radius 2 is 2.05 bits per heavy atom. The molecule has 1 aliphatic heterocycles. The number of hydrogen-bond acceptors (Lipinski definition) is 4. The van der Waals surface area contributed by atoms with Crippen molar-refractivity contribution >= 4 is 23.5 Å². The highest BCUT2D eigenvalue weighted by Gasteiger charge is 2.36. The Bertz CT molecular complexity index is 566. The van der Waals surface area contributed by atoms with E-state index in [1.54, 1.807) is 35.0 Å². The number of hydrogen-bond donors (Lipinski definition) is 2. The minimum Gasteiger partial charge on any atom is -0.480 e. The first-order chi connectivity index (χ1) is 10.4. The monoisotopic (exact) mass is 326 g/mol. The average molecular weight is 327 g/mol. The fourth-order valence-electron chi connectivity index (χ4n) is 2.65. The Balaban J connectivity index is 1.98. The standard InChI is InChI=1S/C15H19ClN2O4/c1-17(9-15(21)22)12-7-18(8-13(12)19)14(20)6-10-4-2-3-5-11(10)16/h2-5,12-13,19H,6-9H2,1H3,(H,21,22)/t12-,13-/m1/s1. The number of benzene rings is 1. The first-order valence-electron chi connectivity index (χ1n) is 6.99. The predicted octanol–water partition coefficient (Wildman–Crippen LogP) is 0.471. The van der Waals surface area contributed by atoms with E-state index in [0.717, 1.165) is 5.56 Å². The zero-order chi connectivity index (χ0) is 16.3. The van der Waals surface area contributed by atoms with Crippen molar-refractivity contribution in [2.45, 2.75) is 18.6 Å². The van der Waals surface area contributed by atoms with Crippen LogP contribution < -0.4 is 0 Å². The van der Waals surface area contributed by atoms with Crippen LogP contribution in [0.15, 0.2) is 24.3 Å². The molecule has 0 unspecified atom stereocenters. The van der Waals surface area contributed by atoms with E-state index >= 15 is 0 Å². The quantitative estimate of drug-likeness (QED) is 0.822. The van der Waals surface area contributed by atoms with Gasteiger partial charge in [0.25, 0.3) is 0 Å². The Labute approximate surface area is 133 Å². The normalized spacial score (nSPS) is 21.4. The summed E-state index contributed by atoms with van der Waals surface area (Å²) >= 11 is 6.05. The van der Waals surface area contributed by atoms with Crippen LogP contribution in [-0.2, 0) is 16.0 Å². The SMILES string of the molecule is CN(CC(=O)O)[C@@H]1CN(C(=O)Cc2ccccc2Cl)C[C@H]1O. The smallest absolute Gasteiger partial charge is 0.317 e. The number of likely N-dealkylation sites (tertiary alicyclic amines) is 1. The van der Waals surface area contributed by atoms with Gasteiger partial charge in [-0.15, -0.1) is 0 Å². The van der Waals surface area contributed by atoms with Gasteiger partial charge in [-0.25, -0.2) is 0 Å². The number of aliphatic hydroxyl groups excluding tert-OH is 1. The highest BCUT2D eigenvalue weighted by atomic mass is 35.5. The van der Waals surface area contributed by atoms with Crippen LogP contribution in [0.25, 0.3) is 0 Å². The lowest BCUT2D eigenvalue weighted by molar-refractivity contribution is -0.138. The molecule has 2 rings (SSSR count). The van der Waals surface area contributed by atoms with Crippen molar-refractivity contribution in [2.24, 2.45) is 0 Å². The lowest BCUT2D eigenvalue weighted by atomic mass is 10.1. The number of carboxylic acids is 1. The van der Waals surface area contributed by atoms with Gasteiger partial charge in [0.1, 0.15) is 0 Å². The van der Waals surface area contributed by atoms with Gasteiger partial charge in [0.2, 0.25) is 5.91 Å². The largest absolute Gasteiger partial charge is 0.480 e. The molecular formula is C15H19ClN2O4. The van der Waals surface area contributed by atoms with E-state index in [4.69, 9.17) is 16.7 Å². The Morgan fingerprint density at radius 3 is 2.68 bits per heavy atom. The van der Waals surface area contributed by atoms with Crippen molar-refractivity contribution in [1.82, 2.24) is 9.80 Å². The molecule has 0 spiro atoms. The average Bonchev–Trinajstić information content (AvgIpc) is 2.83. The number of β-amino-alcohol motifs (C(OH)–C–C–N with tert-alkyl or cyclic N) is 1. The number of carbonyl (C=O) groups excluding carboxylic acids is 1. The van der Waals surface area contributed by atoms with Gasteiger partial charge in [-0.1, -0.05) is 29.8 Å². The van der Waals surface area contributed by atoms with Gasteiger partial charge in [-0.05, 0) is 18.7 Å². The van der Waals surface area contributed by atoms with Gasteiger partial charge in [0, 0.05) is 18.1 Å². The summed E-state index contributed by atoms with van der Waals surface area (Å²) in [5, 5.41) is 19.4. The van der Waals surface area contributed by atoms with Crippen LogP contribution in [0, 0.1) is 0 Å². The van der Waals surface area contributed by atoms with Crippen molar-refractivity contribution < 1.29 is 19.8 Å². The fraction of sp³-hybridized carbons (Fsp3) is 0.467. The molecule has 1 saturated heterocycles. The molecule has 2 atom stereocenters. The first kappa shape index (κ1) is 16.7. The lowest BCUT2D eigenvalue weighted by Crippen LogP contribution is -2.43. The van der Waals surface area contributed by atoms with E-state index in [1.807, 2.05) is 6.07 Å².